The van der Waals surface area contributed by atoms with Crippen LogP contribution >= 0.6 is 11.6 Å². The lowest BCUT2D eigenvalue weighted by Crippen LogP contribution is -2.53. The highest BCUT2D eigenvalue weighted by Crippen LogP contribution is 2.37. The first-order valence-corrected chi connectivity index (χ1v) is 12.7. The molecule has 1 aliphatic rings. The maximum absolute atomic E-state index is 13.3. The molecule has 3 rings (SSSR count). The number of rotatable bonds is 13. The summed E-state index contributed by atoms with van der Waals surface area (Å²) in [4.78, 5) is 39.5. The Hall–Kier alpha value is -3.98. The number of carbonyl (C=O) groups excluding carboxylic acids is 3. The number of halogens is 1. The SMILES string of the molecule is C=CCOc1c(Cl)cc(/C=C2\C(=O)NC(=O)N(Cc3ccc(OCCC)c(OCC)c3)C2=O)cc1OCC. The Bertz CT molecular complexity index is 1240. The summed E-state index contributed by atoms with van der Waals surface area (Å²) >= 11 is 6.40. The van der Waals surface area contributed by atoms with Gasteiger partial charge in [-0.15, -0.1) is 0 Å². The summed E-state index contributed by atoms with van der Waals surface area (Å²) in [5.74, 6) is 0.194. The van der Waals surface area contributed by atoms with Crippen LogP contribution in [-0.2, 0) is 16.1 Å². The van der Waals surface area contributed by atoms with Crippen molar-refractivity contribution in [1.82, 2.24) is 10.2 Å². The fourth-order valence-electron chi connectivity index (χ4n) is 3.65. The highest BCUT2D eigenvalue weighted by molar-refractivity contribution is 6.33. The first-order chi connectivity index (χ1) is 18.3. The fraction of sp³-hybridized carbons (Fsp3) is 0.321. The number of carbonyl (C=O) groups is 3. The first-order valence-electron chi connectivity index (χ1n) is 12.3. The second-order valence-corrected chi connectivity index (χ2v) is 8.54. The van der Waals surface area contributed by atoms with Crippen molar-refractivity contribution in [2.24, 2.45) is 0 Å². The third-order valence-corrected chi connectivity index (χ3v) is 5.57. The molecule has 9 nitrogen and oxygen atoms in total. The number of nitrogens with one attached hydrogen (secondary N) is 1. The number of amides is 4. The van der Waals surface area contributed by atoms with Crippen LogP contribution in [0, 0.1) is 0 Å². The molecular formula is C28H31ClN2O7. The molecule has 2 aromatic rings. The van der Waals surface area contributed by atoms with Gasteiger partial charge in [0, 0.05) is 0 Å². The van der Waals surface area contributed by atoms with Crippen LogP contribution in [0.3, 0.4) is 0 Å². The number of hydrogen-bond donors (Lipinski definition) is 1. The molecule has 0 bridgehead atoms. The van der Waals surface area contributed by atoms with E-state index < -0.39 is 17.8 Å². The van der Waals surface area contributed by atoms with Crippen LogP contribution in [0.2, 0.25) is 5.02 Å². The molecule has 202 valence electrons. The van der Waals surface area contributed by atoms with Gasteiger partial charge in [0.25, 0.3) is 11.8 Å². The lowest BCUT2D eigenvalue weighted by Gasteiger charge is -2.26. The number of hydrogen-bond acceptors (Lipinski definition) is 7. The summed E-state index contributed by atoms with van der Waals surface area (Å²) < 4.78 is 22.6. The van der Waals surface area contributed by atoms with E-state index >= 15 is 0 Å². The molecule has 38 heavy (non-hydrogen) atoms. The number of barbiturate groups is 1. The van der Waals surface area contributed by atoms with Crippen molar-refractivity contribution in [1.29, 1.82) is 0 Å². The molecule has 1 fully saturated rings. The molecule has 0 radical (unpaired) electrons. The normalized spacial score (nSPS) is 14.4. The van der Waals surface area contributed by atoms with E-state index in [-0.39, 0.29) is 23.7 Å². The van der Waals surface area contributed by atoms with Crippen molar-refractivity contribution in [3.05, 3.63) is 64.7 Å². The Labute approximate surface area is 226 Å². The van der Waals surface area contributed by atoms with Crippen molar-refractivity contribution >= 4 is 35.5 Å². The predicted molar refractivity (Wildman–Crippen MR) is 144 cm³/mol. The molecule has 0 aliphatic carbocycles. The van der Waals surface area contributed by atoms with Crippen LogP contribution in [0.5, 0.6) is 23.0 Å². The molecular weight excluding hydrogens is 512 g/mol. The van der Waals surface area contributed by atoms with Gasteiger partial charge in [-0.05, 0) is 61.7 Å². The van der Waals surface area contributed by atoms with Gasteiger partial charge in [-0.25, -0.2) is 4.79 Å². The lowest BCUT2D eigenvalue weighted by molar-refractivity contribution is -0.130. The Morgan fingerprint density at radius 1 is 0.947 bits per heavy atom. The monoisotopic (exact) mass is 542 g/mol. The summed E-state index contributed by atoms with van der Waals surface area (Å²) in [6, 6.07) is 7.51. The fourth-order valence-corrected chi connectivity index (χ4v) is 3.93. The minimum atomic E-state index is -0.817. The van der Waals surface area contributed by atoms with Gasteiger partial charge in [0.2, 0.25) is 0 Å². The second kappa shape index (κ2) is 13.5. The lowest BCUT2D eigenvalue weighted by atomic mass is 10.1. The largest absolute Gasteiger partial charge is 0.490 e. The van der Waals surface area contributed by atoms with Gasteiger partial charge in [0.05, 0.1) is 31.4 Å². The molecule has 2 aromatic carbocycles. The Kier molecular flexibility index (Phi) is 10.2. The van der Waals surface area contributed by atoms with Crippen LogP contribution in [0.15, 0.2) is 48.6 Å². The first kappa shape index (κ1) is 28.6. The Morgan fingerprint density at radius 3 is 2.37 bits per heavy atom. The maximum Gasteiger partial charge on any atom is 0.331 e. The van der Waals surface area contributed by atoms with Gasteiger partial charge in [-0.3, -0.25) is 19.8 Å². The van der Waals surface area contributed by atoms with E-state index in [0.717, 1.165) is 11.3 Å². The Morgan fingerprint density at radius 2 is 1.68 bits per heavy atom. The zero-order valence-corrected chi connectivity index (χ0v) is 22.4. The van der Waals surface area contributed by atoms with Crippen LogP contribution in [0.1, 0.15) is 38.3 Å². The number of benzene rings is 2. The summed E-state index contributed by atoms with van der Waals surface area (Å²) in [5, 5.41) is 2.46. The van der Waals surface area contributed by atoms with Crippen molar-refractivity contribution in [2.75, 3.05) is 26.4 Å². The van der Waals surface area contributed by atoms with Gasteiger partial charge in [0.1, 0.15) is 12.2 Å². The average Bonchev–Trinajstić information content (AvgIpc) is 2.88. The summed E-state index contributed by atoms with van der Waals surface area (Å²) in [7, 11) is 0. The molecule has 1 saturated heterocycles. The molecule has 4 amide bonds. The van der Waals surface area contributed by atoms with E-state index in [1.54, 1.807) is 43.3 Å². The standard InChI is InChI=1S/C28H31ClN2O7/c1-5-11-37-22-10-9-18(15-23(22)35-7-3)17-31-27(33)20(26(32)30-28(31)34)13-19-14-21(29)25(38-12-6-2)24(16-19)36-8-4/h6,9-10,13-16H,2,5,7-8,11-12,17H2,1,3-4H3,(H,30,32,34)/b20-13+. The predicted octanol–water partition coefficient (Wildman–Crippen LogP) is 5.15. The van der Waals surface area contributed by atoms with E-state index in [9.17, 15) is 14.4 Å². The van der Waals surface area contributed by atoms with E-state index in [2.05, 4.69) is 11.9 Å². The quantitative estimate of drug-likeness (QED) is 0.212. The van der Waals surface area contributed by atoms with Crippen molar-refractivity contribution < 1.29 is 33.3 Å². The molecule has 0 spiro atoms. The zero-order chi connectivity index (χ0) is 27.7. The highest BCUT2D eigenvalue weighted by atomic mass is 35.5. The van der Waals surface area contributed by atoms with Gasteiger partial charge in [-0.2, -0.15) is 0 Å². The third-order valence-electron chi connectivity index (χ3n) is 5.28. The Balaban J connectivity index is 1.91. The van der Waals surface area contributed by atoms with E-state index in [4.69, 9.17) is 30.5 Å². The summed E-state index contributed by atoms with van der Waals surface area (Å²) in [6.07, 6.45) is 3.76. The van der Waals surface area contributed by atoms with Gasteiger partial charge >= 0.3 is 6.03 Å². The van der Waals surface area contributed by atoms with Crippen LogP contribution in [0.4, 0.5) is 4.79 Å². The van der Waals surface area contributed by atoms with Gasteiger partial charge in [-0.1, -0.05) is 37.2 Å². The number of urea groups is 1. The molecule has 0 atom stereocenters. The van der Waals surface area contributed by atoms with Gasteiger partial charge in [0.15, 0.2) is 23.0 Å². The van der Waals surface area contributed by atoms with Crippen LogP contribution in [-0.4, -0.2) is 49.2 Å². The van der Waals surface area contributed by atoms with Crippen LogP contribution in [0.25, 0.3) is 6.08 Å². The summed E-state index contributed by atoms with van der Waals surface area (Å²) in [6.45, 7) is 10.7. The molecule has 0 unspecified atom stereocenters. The molecule has 1 aliphatic heterocycles. The minimum Gasteiger partial charge on any atom is -0.490 e. The summed E-state index contributed by atoms with van der Waals surface area (Å²) in [5.41, 5.74) is 0.823. The topological polar surface area (TPSA) is 103 Å². The molecule has 1 heterocycles. The van der Waals surface area contributed by atoms with Crippen LogP contribution < -0.4 is 24.3 Å². The average molecular weight is 543 g/mol. The third kappa shape index (κ3) is 6.86. The highest BCUT2D eigenvalue weighted by Gasteiger charge is 2.36. The molecule has 0 aromatic heterocycles. The van der Waals surface area contributed by atoms with E-state index in [1.807, 2.05) is 13.8 Å². The number of ether oxygens (including phenoxy) is 4. The minimum absolute atomic E-state index is 0.0807. The van der Waals surface area contributed by atoms with Gasteiger partial charge < -0.3 is 18.9 Å². The van der Waals surface area contributed by atoms with E-state index in [0.29, 0.717) is 53.9 Å². The smallest absolute Gasteiger partial charge is 0.331 e. The zero-order valence-electron chi connectivity index (χ0n) is 21.7. The molecule has 1 N–H and O–H groups in total. The van der Waals surface area contributed by atoms with Crippen molar-refractivity contribution in [3.63, 3.8) is 0 Å². The molecule has 10 heteroatoms. The number of nitrogens with zero attached hydrogens (tertiary/aromatic N) is 1. The van der Waals surface area contributed by atoms with Crippen molar-refractivity contribution in [3.8, 4) is 23.0 Å². The molecule has 0 saturated carbocycles. The van der Waals surface area contributed by atoms with E-state index in [1.165, 1.54) is 6.08 Å². The maximum atomic E-state index is 13.3. The van der Waals surface area contributed by atoms with Crippen molar-refractivity contribution in [2.45, 2.75) is 33.7 Å². The second-order valence-electron chi connectivity index (χ2n) is 8.13. The number of imide groups is 2.